The molecule has 0 saturated carbocycles. The Morgan fingerprint density at radius 3 is 2.54 bits per heavy atom. The number of hydrogen-bond acceptors (Lipinski definition) is 5. The van der Waals surface area contributed by atoms with Gasteiger partial charge >= 0.3 is 6.09 Å². The molecule has 0 bridgehead atoms. The van der Waals surface area contributed by atoms with E-state index >= 15 is 0 Å². The van der Waals surface area contributed by atoms with Gasteiger partial charge in [0, 0.05) is 32.6 Å². The molecule has 2 saturated heterocycles. The topological polar surface area (TPSA) is 110 Å². The zero-order chi connectivity index (χ0) is 18.1. The second kappa shape index (κ2) is 6.87. The highest BCUT2D eigenvalue weighted by Gasteiger charge is 2.38. The standard InChI is InChI=1S/C15H27N3O5S/c1-15(2,3)23-14(20)17-6-4-5-11(8-17)9-18-10-12(7-13(18)19)24(16,21)22/h11-12H,4-10H2,1-3H3,(H2,16,21,22). The Balaban J connectivity index is 1.91. The minimum atomic E-state index is -3.70. The molecule has 2 rings (SSSR count). The van der Waals surface area contributed by atoms with Crippen molar-refractivity contribution < 1.29 is 22.7 Å². The number of rotatable bonds is 3. The normalized spacial score (nSPS) is 25.9. The molecule has 0 aromatic carbocycles. The molecule has 2 unspecified atom stereocenters. The molecule has 138 valence electrons. The van der Waals surface area contributed by atoms with Crippen LogP contribution in [0.15, 0.2) is 0 Å². The first-order chi connectivity index (χ1) is 11.0. The summed E-state index contributed by atoms with van der Waals surface area (Å²) < 4.78 is 28.2. The largest absolute Gasteiger partial charge is 0.444 e. The second-order valence-electron chi connectivity index (χ2n) is 7.65. The van der Waals surface area contributed by atoms with E-state index in [1.807, 2.05) is 20.8 Å². The quantitative estimate of drug-likeness (QED) is 0.788. The summed E-state index contributed by atoms with van der Waals surface area (Å²) in [4.78, 5) is 27.4. The molecule has 8 nitrogen and oxygen atoms in total. The van der Waals surface area contributed by atoms with Gasteiger partial charge in [0.2, 0.25) is 15.9 Å². The van der Waals surface area contributed by atoms with Crippen molar-refractivity contribution in [3.05, 3.63) is 0 Å². The van der Waals surface area contributed by atoms with Crippen molar-refractivity contribution in [2.45, 2.75) is 50.9 Å². The van der Waals surface area contributed by atoms with Crippen LogP contribution in [0.3, 0.4) is 0 Å². The molecule has 2 N–H and O–H groups in total. The number of carbonyl (C=O) groups is 2. The van der Waals surface area contributed by atoms with Crippen molar-refractivity contribution in [3.63, 3.8) is 0 Å². The molecule has 2 aliphatic heterocycles. The lowest BCUT2D eigenvalue weighted by Crippen LogP contribution is -2.46. The van der Waals surface area contributed by atoms with Crippen LogP contribution in [0.5, 0.6) is 0 Å². The van der Waals surface area contributed by atoms with Gasteiger partial charge in [0.25, 0.3) is 0 Å². The van der Waals surface area contributed by atoms with Crippen LogP contribution in [-0.2, 0) is 19.6 Å². The molecule has 2 atom stereocenters. The summed E-state index contributed by atoms with van der Waals surface area (Å²) in [5.41, 5.74) is -0.544. The number of nitrogens with zero attached hydrogens (tertiary/aromatic N) is 2. The van der Waals surface area contributed by atoms with E-state index in [-0.39, 0.29) is 30.9 Å². The van der Waals surface area contributed by atoms with Gasteiger partial charge in [-0.3, -0.25) is 4.79 Å². The van der Waals surface area contributed by atoms with E-state index in [0.29, 0.717) is 19.6 Å². The van der Waals surface area contributed by atoms with E-state index in [2.05, 4.69) is 0 Å². The predicted molar refractivity (Wildman–Crippen MR) is 88.6 cm³/mol. The maximum absolute atomic E-state index is 12.2. The number of hydrogen-bond donors (Lipinski definition) is 1. The van der Waals surface area contributed by atoms with Crippen LogP contribution < -0.4 is 5.14 Å². The number of ether oxygens (including phenoxy) is 1. The van der Waals surface area contributed by atoms with Crippen LogP contribution in [0.25, 0.3) is 0 Å². The molecule has 9 heteroatoms. The highest BCUT2D eigenvalue weighted by molar-refractivity contribution is 7.89. The summed E-state index contributed by atoms with van der Waals surface area (Å²) in [5, 5.41) is 4.32. The molecular weight excluding hydrogens is 334 g/mol. The number of sulfonamides is 1. The summed E-state index contributed by atoms with van der Waals surface area (Å²) in [5.74, 6) is -0.0714. The highest BCUT2D eigenvalue weighted by Crippen LogP contribution is 2.23. The van der Waals surface area contributed by atoms with Gasteiger partial charge in [0.15, 0.2) is 0 Å². The van der Waals surface area contributed by atoms with E-state index < -0.39 is 20.9 Å². The van der Waals surface area contributed by atoms with Crippen molar-refractivity contribution in [1.29, 1.82) is 0 Å². The molecule has 0 aromatic rings. The molecule has 2 fully saturated rings. The van der Waals surface area contributed by atoms with Gasteiger partial charge in [-0.25, -0.2) is 18.4 Å². The first-order valence-electron chi connectivity index (χ1n) is 8.23. The number of likely N-dealkylation sites (tertiary alicyclic amines) is 2. The third kappa shape index (κ3) is 5.07. The summed E-state index contributed by atoms with van der Waals surface area (Å²) >= 11 is 0. The fraction of sp³-hybridized carbons (Fsp3) is 0.867. The SMILES string of the molecule is CC(C)(C)OC(=O)N1CCCC(CN2CC(S(N)(=O)=O)CC2=O)C1. The third-order valence-corrected chi connectivity index (χ3v) is 5.54. The first-order valence-corrected chi connectivity index (χ1v) is 9.84. The average Bonchev–Trinajstić information content (AvgIpc) is 2.79. The van der Waals surface area contributed by atoms with Gasteiger partial charge in [-0.15, -0.1) is 0 Å². The number of piperidine rings is 1. The zero-order valence-corrected chi connectivity index (χ0v) is 15.3. The lowest BCUT2D eigenvalue weighted by atomic mass is 9.98. The Morgan fingerprint density at radius 1 is 1.33 bits per heavy atom. The van der Waals surface area contributed by atoms with E-state index in [1.165, 1.54) is 0 Å². The number of nitrogens with two attached hydrogens (primary N) is 1. The molecule has 0 spiro atoms. The minimum absolute atomic E-state index is 0.0542. The summed E-state index contributed by atoms with van der Waals surface area (Å²) in [6, 6.07) is 0. The van der Waals surface area contributed by atoms with E-state index in [9.17, 15) is 18.0 Å². The predicted octanol–water partition coefficient (Wildman–Crippen LogP) is 0.523. The van der Waals surface area contributed by atoms with E-state index in [0.717, 1.165) is 12.8 Å². The minimum Gasteiger partial charge on any atom is -0.444 e. The molecule has 2 amide bonds. The number of carbonyl (C=O) groups excluding carboxylic acids is 2. The number of amides is 2. The van der Waals surface area contributed by atoms with Crippen molar-refractivity contribution in [2.75, 3.05) is 26.2 Å². The number of primary sulfonamides is 1. The van der Waals surface area contributed by atoms with Crippen LogP contribution in [0.2, 0.25) is 0 Å². The van der Waals surface area contributed by atoms with Crippen LogP contribution in [0, 0.1) is 5.92 Å². The molecule has 0 aromatic heterocycles. The molecule has 24 heavy (non-hydrogen) atoms. The van der Waals surface area contributed by atoms with Crippen molar-refractivity contribution in [1.82, 2.24) is 9.80 Å². The smallest absolute Gasteiger partial charge is 0.410 e. The summed E-state index contributed by atoms with van der Waals surface area (Å²) in [7, 11) is -3.70. The van der Waals surface area contributed by atoms with Crippen LogP contribution >= 0.6 is 0 Å². The lowest BCUT2D eigenvalue weighted by Gasteiger charge is -2.35. The van der Waals surface area contributed by atoms with Crippen molar-refractivity contribution in [2.24, 2.45) is 11.1 Å². The van der Waals surface area contributed by atoms with E-state index in [4.69, 9.17) is 9.88 Å². The average molecular weight is 361 g/mol. The molecule has 0 aliphatic carbocycles. The Hall–Kier alpha value is -1.35. The van der Waals surface area contributed by atoms with Crippen LogP contribution in [0.1, 0.15) is 40.0 Å². The summed E-state index contributed by atoms with van der Waals surface area (Å²) in [6.45, 7) is 7.20. The fourth-order valence-electron chi connectivity index (χ4n) is 3.15. The van der Waals surface area contributed by atoms with Crippen molar-refractivity contribution >= 4 is 22.0 Å². The maximum atomic E-state index is 12.2. The van der Waals surface area contributed by atoms with Gasteiger partial charge in [-0.2, -0.15) is 0 Å². The summed E-state index contributed by atoms with van der Waals surface area (Å²) in [6.07, 6.45) is 1.33. The molecule has 0 radical (unpaired) electrons. The van der Waals surface area contributed by atoms with Gasteiger partial charge in [-0.05, 0) is 39.5 Å². The van der Waals surface area contributed by atoms with Gasteiger partial charge < -0.3 is 14.5 Å². The Labute approximate surface area is 143 Å². The van der Waals surface area contributed by atoms with E-state index in [1.54, 1.807) is 9.80 Å². The Kier molecular flexibility index (Phi) is 5.44. The van der Waals surface area contributed by atoms with Gasteiger partial charge in [0.05, 0.1) is 0 Å². The maximum Gasteiger partial charge on any atom is 0.410 e. The Bertz CT molecular complexity index is 599. The fourth-order valence-corrected chi connectivity index (χ4v) is 3.91. The first kappa shape index (κ1) is 19.0. The highest BCUT2D eigenvalue weighted by atomic mass is 32.2. The third-order valence-electron chi connectivity index (χ3n) is 4.29. The monoisotopic (exact) mass is 361 g/mol. The van der Waals surface area contributed by atoms with Gasteiger partial charge in [-0.1, -0.05) is 0 Å². The molecule has 2 heterocycles. The molecule has 2 aliphatic rings. The lowest BCUT2D eigenvalue weighted by molar-refractivity contribution is -0.128. The Morgan fingerprint density at radius 2 is 2.00 bits per heavy atom. The second-order valence-corrected chi connectivity index (χ2v) is 9.49. The van der Waals surface area contributed by atoms with Crippen LogP contribution in [0.4, 0.5) is 4.79 Å². The zero-order valence-electron chi connectivity index (χ0n) is 14.5. The molecular formula is C15H27N3O5S. The van der Waals surface area contributed by atoms with Crippen molar-refractivity contribution in [3.8, 4) is 0 Å². The van der Waals surface area contributed by atoms with Gasteiger partial charge in [0.1, 0.15) is 10.9 Å². The van der Waals surface area contributed by atoms with Crippen LogP contribution in [-0.4, -0.2) is 67.2 Å².